The first-order chi connectivity index (χ1) is 8.20. The largest absolute Gasteiger partial charge is 0.409 e. The van der Waals surface area contributed by atoms with Gasteiger partial charge in [0.2, 0.25) is 0 Å². The third-order valence-corrected chi connectivity index (χ3v) is 4.04. The van der Waals surface area contributed by atoms with Crippen LogP contribution in [0.1, 0.15) is 32.6 Å². The highest BCUT2D eigenvalue weighted by Gasteiger charge is 2.30. The lowest BCUT2D eigenvalue weighted by Gasteiger charge is -2.40. The van der Waals surface area contributed by atoms with Gasteiger partial charge in [-0.1, -0.05) is 12.1 Å². The topological polar surface area (TPSA) is 71.1 Å². The van der Waals surface area contributed by atoms with E-state index in [4.69, 9.17) is 15.7 Å². The molecule has 2 rings (SSSR count). The van der Waals surface area contributed by atoms with Gasteiger partial charge in [-0.3, -0.25) is 4.90 Å². The average Bonchev–Trinajstić information content (AvgIpc) is 2.39. The SMILES string of the molecule is CC1CCC(N2CCOC(C(N)=NO)C2)CC1. The van der Waals surface area contributed by atoms with Crippen LogP contribution in [0, 0.1) is 5.92 Å². The van der Waals surface area contributed by atoms with Gasteiger partial charge in [-0.15, -0.1) is 0 Å². The van der Waals surface area contributed by atoms with Gasteiger partial charge in [0, 0.05) is 19.1 Å². The van der Waals surface area contributed by atoms with Gasteiger partial charge >= 0.3 is 0 Å². The van der Waals surface area contributed by atoms with Crippen molar-refractivity contribution in [2.45, 2.75) is 44.8 Å². The Morgan fingerprint density at radius 2 is 2.06 bits per heavy atom. The van der Waals surface area contributed by atoms with E-state index in [0.717, 1.165) is 19.0 Å². The Hall–Kier alpha value is -0.810. The minimum atomic E-state index is -0.243. The standard InChI is InChI=1S/C12H23N3O2/c1-9-2-4-10(5-3-9)15-6-7-17-11(8-15)12(13)14-16/h9-11,16H,2-8H2,1H3,(H2,13,14). The number of hydrogen-bond acceptors (Lipinski definition) is 4. The maximum absolute atomic E-state index is 8.68. The molecule has 5 heteroatoms. The normalized spacial score (nSPS) is 37.0. The van der Waals surface area contributed by atoms with Crippen LogP contribution in [0.2, 0.25) is 0 Å². The van der Waals surface area contributed by atoms with Crippen molar-refractivity contribution in [3.63, 3.8) is 0 Å². The summed E-state index contributed by atoms with van der Waals surface area (Å²) < 4.78 is 5.52. The van der Waals surface area contributed by atoms with E-state index in [1.807, 2.05) is 0 Å². The van der Waals surface area contributed by atoms with E-state index in [1.165, 1.54) is 25.7 Å². The van der Waals surface area contributed by atoms with Crippen molar-refractivity contribution in [2.75, 3.05) is 19.7 Å². The molecule has 1 saturated carbocycles. The van der Waals surface area contributed by atoms with Crippen LogP contribution in [0.5, 0.6) is 0 Å². The number of morpholine rings is 1. The number of amidine groups is 1. The molecule has 1 aliphatic heterocycles. The van der Waals surface area contributed by atoms with E-state index in [2.05, 4.69) is 17.0 Å². The molecule has 0 amide bonds. The number of oxime groups is 1. The van der Waals surface area contributed by atoms with Crippen molar-refractivity contribution >= 4 is 5.84 Å². The molecule has 17 heavy (non-hydrogen) atoms. The molecule has 0 radical (unpaired) electrons. The molecule has 0 bridgehead atoms. The Kier molecular flexibility index (Phi) is 4.23. The molecule has 1 heterocycles. The quantitative estimate of drug-likeness (QED) is 0.327. The van der Waals surface area contributed by atoms with Crippen LogP contribution >= 0.6 is 0 Å². The Morgan fingerprint density at radius 1 is 1.35 bits per heavy atom. The second kappa shape index (κ2) is 5.69. The lowest BCUT2D eigenvalue weighted by atomic mass is 9.86. The molecular weight excluding hydrogens is 218 g/mol. The van der Waals surface area contributed by atoms with Crippen LogP contribution in [0.25, 0.3) is 0 Å². The van der Waals surface area contributed by atoms with Crippen molar-refractivity contribution < 1.29 is 9.94 Å². The summed E-state index contributed by atoms with van der Waals surface area (Å²) in [5, 5.41) is 11.7. The molecule has 0 aromatic rings. The van der Waals surface area contributed by atoms with Crippen LogP contribution < -0.4 is 5.73 Å². The van der Waals surface area contributed by atoms with Gasteiger partial charge in [-0.2, -0.15) is 0 Å². The summed E-state index contributed by atoms with van der Waals surface area (Å²) in [6.07, 6.45) is 4.92. The van der Waals surface area contributed by atoms with E-state index in [-0.39, 0.29) is 11.9 Å². The Labute approximate surface area is 103 Å². The van der Waals surface area contributed by atoms with Crippen LogP contribution in [0.4, 0.5) is 0 Å². The summed E-state index contributed by atoms with van der Waals surface area (Å²) in [7, 11) is 0. The van der Waals surface area contributed by atoms with Crippen LogP contribution in [0.3, 0.4) is 0 Å². The van der Waals surface area contributed by atoms with Crippen LogP contribution in [0.15, 0.2) is 5.16 Å². The van der Waals surface area contributed by atoms with E-state index >= 15 is 0 Å². The fourth-order valence-corrected chi connectivity index (χ4v) is 2.85. The molecule has 1 atom stereocenters. The summed E-state index contributed by atoms with van der Waals surface area (Å²) >= 11 is 0. The number of hydrogen-bond donors (Lipinski definition) is 2. The van der Waals surface area contributed by atoms with Crippen molar-refractivity contribution in [1.82, 2.24) is 4.90 Å². The molecule has 0 aromatic carbocycles. The fourth-order valence-electron chi connectivity index (χ4n) is 2.85. The molecule has 1 unspecified atom stereocenters. The van der Waals surface area contributed by atoms with Crippen molar-refractivity contribution in [2.24, 2.45) is 16.8 Å². The van der Waals surface area contributed by atoms with Gasteiger partial charge in [0.15, 0.2) is 5.84 Å². The molecule has 1 saturated heterocycles. The molecule has 3 N–H and O–H groups in total. The molecule has 0 aromatic heterocycles. The maximum Gasteiger partial charge on any atom is 0.169 e. The summed E-state index contributed by atoms with van der Waals surface area (Å²) in [5.74, 6) is 1.06. The zero-order chi connectivity index (χ0) is 12.3. The van der Waals surface area contributed by atoms with Crippen LogP contribution in [-0.2, 0) is 4.74 Å². The van der Waals surface area contributed by atoms with E-state index in [1.54, 1.807) is 0 Å². The second-order valence-corrected chi connectivity index (χ2v) is 5.29. The molecule has 2 aliphatic rings. The molecule has 1 aliphatic carbocycles. The van der Waals surface area contributed by atoms with Gasteiger partial charge in [0.05, 0.1) is 6.61 Å². The predicted octanol–water partition coefficient (Wildman–Crippen LogP) is 1.01. The van der Waals surface area contributed by atoms with Gasteiger partial charge in [0.25, 0.3) is 0 Å². The van der Waals surface area contributed by atoms with Gasteiger partial charge in [-0.05, 0) is 31.6 Å². The minimum Gasteiger partial charge on any atom is -0.409 e. The zero-order valence-corrected chi connectivity index (χ0v) is 10.5. The molecule has 2 fully saturated rings. The Morgan fingerprint density at radius 3 is 2.71 bits per heavy atom. The second-order valence-electron chi connectivity index (χ2n) is 5.29. The lowest BCUT2D eigenvalue weighted by molar-refractivity contribution is -0.0216. The monoisotopic (exact) mass is 241 g/mol. The minimum absolute atomic E-state index is 0.193. The number of nitrogens with zero attached hydrogens (tertiary/aromatic N) is 2. The smallest absolute Gasteiger partial charge is 0.169 e. The number of nitrogens with two attached hydrogens (primary N) is 1. The summed E-state index contributed by atoms with van der Waals surface area (Å²) in [6.45, 7) is 4.73. The maximum atomic E-state index is 8.68. The van der Waals surface area contributed by atoms with Crippen molar-refractivity contribution in [3.8, 4) is 0 Å². The number of rotatable bonds is 2. The summed E-state index contributed by atoms with van der Waals surface area (Å²) in [5.41, 5.74) is 5.61. The van der Waals surface area contributed by atoms with E-state index < -0.39 is 0 Å². The van der Waals surface area contributed by atoms with E-state index in [0.29, 0.717) is 12.6 Å². The van der Waals surface area contributed by atoms with Crippen LogP contribution in [-0.4, -0.2) is 47.8 Å². The summed E-state index contributed by atoms with van der Waals surface area (Å²) in [4.78, 5) is 2.44. The fraction of sp³-hybridized carbons (Fsp3) is 0.917. The predicted molar refractivity (Wildman–Crippen MR) is 66.1 cm³/mol. The lowest BCUT2D eigenvalue weighted by Crippen LogP contribution is -2.52. The molecule has 98 valence electrons. The third kappa shape index (κ3) is 3.10. The average molecular weight is 241 g/mol. The Balaban J connectivity index is 1.89. The first-order valence-corrected chi connectivity index (χ1v) is 6.53. The van der Waals surface area contributed by atoms with Crippen molar-refractivity contribution in [3.05, 3.63) is 0 Å². The first-order valence-electron chi connectivity index (χ1n) is 6.53. The number of ether oxygens (including phenoxy) is 1. The highest BCUT2D eigenvalue weighted by molar-refractivity contribution is 5.84. The van der Waals surface area contributed by atoms with Crippen molar-refractivity contribution in [1.29, 1.82) is 0 Å². The molecule has 0 spiro atoms. The zero-order valence-electron chi connectivity index (χ0n) is 10.5. The van der Waals surface area contributed by atoms with Gasteiger partial charge < -0.3 is 15.7 Å². The Bertz CT molecular complexity index is 275. The first kappa shape index (κ1) is 12.6. The highest BCUT2D eigenvalue weighted by atomic mass is 16.5. The molecule has 5 nitrogen and oxygen atoms in total. The van der Waals surface area contributed by atoms with Gasteiger partial charge in [-0.25, -0.2) is 0 Å². The highest BCUT2D eigenvalue weighted by Crippen LogP contribution is 2.28. The molecular formula is C12H23N3O2. The summed E-state index contributed by atoms with van der Waals surface area (Å²) in [6, 6.07) is 0.657. The third-order valence-electron chi connectivity index (χ3n) is 4.04. The van der Waals surface area contributed by atoms with Gasteiger partial charge in [0.1, 0.15) is 6.10 Å². The van der Waals surface area contributed by atoms with E-state index in [9.17, 15) is 0 Å².